The molecule has 0 unspecified atom stereocenters. The average Bonchev–Trinajstić information content (AvgIpc) is 2.70. The second-order valence-electron chi connectivity index (χ2n) is 4.73. The van der Waals surface area contributed by atoms with Crippen molar-refractivity contribution in [2.24, 2.45) is 11.3 Å². The lowest BCUT2D eigenvalue weighted by Gasteiger charge is -2.32. The summed E-state index contributed by atoms with van der Waals surface area (Å²) in [4.78, 5) is 2.46. The topological polar surface area (TPSA) is 3.24 Å². The van der Waals surface area contributed by atoms with E-state index in [0.717, 1.165) is 11.3 Å². The molecule has 11 heavy (non-hydrogen) atoms. The van der Waals surface area contributed by atoms with Gasteiger partial charge in [-0.15, -0.1) is 0 Å². The molecular weight excluding hydrogens is 134 g/mol. The van der Waals surface area contributed by atoms with Crippen LogP contribution in [0, 0.1) is 11.3 Å². The van der Waals surface area contributed by atoms with Crippen LogP contribution in [-0.4, -0.2) is 25.0 Å². The minimum absolute atomic E-state index is 0.779. The molecule has 0 aromatic rings. The van der Waals surface area contributed by atoms with Gasteiger partial charge in [-0.2, -0.15) is 0 Å². The van der Waals surface area contributed by atoms with Crippen LogP contribution in [-0.2, 0) is 0 Å². The van der Waals surface area contributed by atoms with Gasteiger partial charge in [-0.05, 0) is 57.2 Å². The maximum absolute atomic E-state index is 2.48. The Morgan fingerprint density at radius 3 is 2.18 bits per heavy atom. The highest BCUT2D eigenvalue weighted by molar-refractivity contribution is 4.96. The van der Waals surface area contributed by atoms with Crippen LogP contribution in [0.5, 0.6) is 0 Å². The highest BCUT2D eigenvalue weighted by Gasteiger charge is 2.44. The first-order valence-corrected chi connectivity index (χ1v) is 4.89. The van der Waals surface area contributed by atoms with Crippen molar-refractivity contribution < 1.29 is 0 Å². The summed E-state index contributed by atoms with van der Waals surface area (Å²) < 4.78 is 0. The van der Waals surface area contributed by atoms with Crippen molar-refractivity contribution in [3.8, 4) is 0 Å². The first-order chi connectivity index (χ1) is 5.21. The Kier molecular flexibility index (Phi) is 1.71. The van der Waals surface area contributed by atoms with Gasteiger partial charge in [0.1, 0.15) is 0 Å². The molecule has 1 nitrogen and oxygen atoms in total. The van der Waals surface area contributed by atoms with Crippen LogP contribution in [0.3, 0.4) is 0 Å². The molecule has 1 heterocycles. The fourth-order valence-corrected chi connectivity index (χ4v) is 2.31. The van der Waals surface area contributed by atoms with E-state index in [9.17, 15) is 0 Å². The zero-order valence-corrected chi connectivity index (χ0v) is 7.77. The van der Waals surface area contributed by atoms with E-state index in [1.807, 2.05) is 0 Å². The first kappa shape index (κ1) is 7.60. The number of rotatable bonds is 1. The number of hydrogen-bond donors (Lipinski definition) is 0. The van der Waals surface area contributed by atoms with Crippen molar-refractivity contribution in [1.82, 2.24) is 4.90 Å². The summed E-state index contributed by atoms with van der Waals surface area (Å²) in [5.41, 5.74) is 0.779. The molecule has 0 aromatic carbocycles. The zero-order valence-electron chi connectivity index (χ0n) is 7.77. The van der Waals surface area contributed by atoms with E-state index < -0.39 is 0 Å². The Balaban J connectivity index is 1.87. The van der Waals surface area contributed by atoms with Gasteiger partial charge in [0.25, 0.3) is 0 Å². The van der Waals surface area contributed by atoms with Gasteiger partial charge in [0.2, 0.25) is 0 Å². The van der Waals surface area contributed by atoms with E-state index in [0.29, 0.717) is 0 Å². The average molecular weight is 153 g/mol. The minimum atomic E-state index is 0.779. The van der Waals surface area contributed by atoms with E-state index in [2.05, 4.69) is 18.9 Å². The van der Waals surface area contributed by atoms with Gasteiger partial charge in [-0.25, -0.2) is 0 Å². The van der Waals surface area contributed by atoms with Crippen LogP contribution in [0.1, 0.15) is 32.6 Å². The maximum atomic E-state index is 2.48. The molecule has 0 atom stereocenters. The molecule has 1 aliphatic carbocycles. The molecule has 64 valence electrons. The molecule has 0 bridgehead atoms. The fraction of sp³-hybridized carbons (Fsp3) is 1.00. The third kappa shape index (κ3) is 1.44. The fourth-order valence-electron chi connectivity index (χ4n) is 2.31. The molecule has 2 aliphatic rings. The molecule has 0 radical (unpaired) electrons. The summed E-state index contributed by atoms with van der Waals surface area (Å²) >= 11 is 0. The monoisotopic (exact) mass is 153 g/mol. The Morgan fingerprint density at radius 1 is 1.18 bits per heavy atom. The Hall–Kier alpha value is -0.0400. The molecule has 1 aliphatic heterocycles. The minimum Gasteiger partial charge on any atom is -0.306 e. The molecule has 2 fully saturated rings. The van der Waals surface area contributed by atoms with Crippen molar-refractivity contribution in [2.75, 3.05) is 20.1 Å². The van der Waals surface area contributed by atoms with Gasteiger partial charge >= 0.3 is 0 Å². The van der Waals surface area contributed by atoms with Crippen molar-refractivity contribution in [3.63, 3.8) is 0 Å². The highest BCUT2D eigenvalue weighted by Crippen LogP contribution is 2.54. The van der Waals surface area contributed by atoms with Gasteiger partial charge in [0.15, 0.2) is 0 Å². The number of likely N-dealkylation sites (tertiary alicyclic amines) is 1. The van der Waals surface area contributed by atoms with Gasteiger partial charge in [0, 0.05) is 0 Å². The Morgan fingerprint density at radius 2 is 1.73 bits per heavy atom. The van der Waals surface area contributed by atoms with Crippen molar-refractivity contribution >= 4 is 0 Å². The van der Waals surface area contributed by atoms with Crippen LogP contribution in [0.2, 0.25) is 0 Å². The second-order valence-corrected chi connectivity index (χ2v) is 4.73. The Labute approximate surface area is 69.8 Å². The molecule has 1 heteroatoms. The predicted molar refractivity (Wildman–Crippen MR) is 47.6 cm³/mol. The lowest BCUT2D eigenvalue weighted by atomic mass is 9.83. The zero-order chi connectivity index (χ0) is 7.90. The van der Waals surface area contributed by atoms with Crippen LogP contribution in [0.25, 0.3) is 0 Å². The van der Waals surface area contributed by atoms with Crippen molar-refractivity contribution in [3.05, 3.63) is 0 Å². The van der Waals surface area contributed by atoms with Crippen molar-refractivity contribution in [1.29, 1.82) is 0 Å². The number of piperidine rings is 1. The van der Waals surface area contributed by atoms with E-state index in [1.54, 1.807) is 0 Å². The van der Waals surface area contributed by atoms with Gasteiger partial charge in [-0.1, -0.05) is 6.92 Å². The lowest BCUT2D eigenvalue weighted by Crippen LogP contribution is -2.33. The summed E-state index contributed by atoms with van der Waals surface area (Å²) in [6.07, 6.45) is 5.91. The first-order valence-electron chi connectivity index (χ1n) is 4.89. The highest BCUT2D eigenvalue weighted by atomic mass is 15.1. The van der Waals surface area contributed by atoms with E-state index in [-0.39, 0.29) is 0 Å². The molecule has 0 spiro atoms. The Bertz CT molecular complexity index is 141. The third-order valence-electron chi connectivity index (χ3n) is 3.74. The van der Waals surface area contributed by atoms with E-state index in [4.69, 9.17) is 0 Å². The smallest absolute Gasteiger partial charge is 0.00189 e. The second kappa shape index (κ2) is 2.48. The van der Waals surface area contributed by atoms with Gasteiger partial charge in [-0.3, -0.25) is 0 Å². The van der Waals surface area contributed by atoms with E-state index >= 15 is 0 Å². The lowest BCUT2D eigenvalue weighted by molar-refractivity contribution is 0.167. The standard InChI is InChI=1S/C10H19N/c1-10(5-6-10)9-3-7-11(2)8-4-9/h9H,3-8H2,1-2H3. The summed E-state index contributed by atoms with van der Waals surface area (Å²) in [5, 5.41) is 0. The SMILES string of the molecule is CN1CCC(C2(C)CC2)CC1. The van der Waals surface area contributed by atoms with Gasteiger partial charge in [0.05, 0.1) is 0 Å². The largest absolute Gasteiger partial charge is 0.306 e. The van der Waals surface area contributed by atoms with Crippen molar-refractivity contribution in [2.45, 2.75) is 32.6 Å². The van der Waals surface area contributed by atoms with E-state index in [1.165, 1.54) is 38.8 Å². The van der Waals surface area contributed by atoms with Crippen LogP contribution in [0.15, 0.2) is 0 Å². The summed E-state index contributed by atoms with van der Waals surface area (Å²) in [6, 6.07) is 0. The summed E-state index contributed by atoms with van der Waals surface area (Å²) in [6.45, 7) is 5.14. The molecule has 0 N–H and O–H groups in total. The predicted octanol–water partition coefficient (Wildman–Crippen LogP) is 2.13. The number of hydrogen-bond acceptors (Lipinski definition) is 1. The maximum Gasteiger partial charge on any atom is -0.00189 e. The summed E-state index contributed by atoms with van der Waals surface area (Å²) in [5.74, 6) is 1.05. The molecule has 0 amide bonds. The quantitative estimate of drug-likeness (QED) is 0.558. The molecule has 0 aromatic heterocycles. The number of nitrogens with zero attached hydrogens (tertiary/aromatic N) is 1. The van der Waals surface area contributed by atoms with Gasteiger partial charge < -0.3 is 4.90 Å². The molecular formula is C10H19N. The van der Waals surface area contributed by atoms with Crippen LogP contribution >= 0.6 is 0 Å². The van der Waals surface area contributed by atoms with Crippen LogP contribution in [0.4, 0.5) is 0 Å². The molecule has 1 saturated carbocycles. The third-order valence-corrected chi connectivity index (χ3v) is 3.74. The van der Waals surface area contributed by atoms with Crippen LogP contribution < -0.4 is 0 Å². The molecule has 1 saturated heterocycles. The summed E-state index contributed by atoms with van der Waals surface area (Å²) in [7, 11) is 2.24. The molecule has 2 rings (SSSR count). The normalized spacial score (nSPS) is 32.2.